The van der Waals surface area contributed by atoms with E-state index in [0.29, 0.717) is 6.54 Å². The van der Waals surface area contributed by atoms with E-state index in [1.165, 1.54) is 0 Å². The first kappa shape index (κ1) is 11.9. The van der Waals surface area contributed by atoms with Crippen LogP contribution in [0.1, 0.15) is 6.42 Å². The van der Waals surface area contributed by atoms with Crippen LogP contribution in [0, 0.1) is 0 Å². The van der Waals surface area contributed by atoms with E-state index in [-0.39, 0.29) is 19.0 Å². The topological polar surface area (TPSA) is 58.3 Å². The van der Waals surface area contributed by atoms with Gasteiger partial charge in [0.1, 0.15) is 0 Å². The lowest BCUT2D eigenvalue weighted by Crippen LogP contribution is -2.21. The molecular formula is C5H15ClN2O. The number of halogens is 1. The number of rotatable bonds is 5. The van der Waals surface area contributed by atoms with Crippen molar-refractivity contribution in [3.05, 3.63) is 0 Å². The van der Waals surface area contributed by atoms with Crippen molar-refractivity contribution in [1.82, 2.24) is 5.32 Å². The maximum atomic E-state index is 8.27. The third kappa shape index (κ3) is 11.6. The van der Waals surface area contributed by atoms with Gasteiger partial charge in [0.2, 0.25) is 0 Å². The average Bonchev–Trinajstić information content (AvgIpc) is 1.81. The first-order valence-electron chi connectivity index (χ1n) is 2.93. The summed E-state index contributed by atoms with van der Waals surface area (Å²) >= 11 is 0. The van der Waals surface area contributed by atoms with E-state index in [1.807, 2.05) is 0 Å². The van der Waals surface area contributed by atoms with E-state index in [0.717, 1.165) is 19.5 Å². The largest absolute Gasteiger partial charge is 0.395 e. The SMILES string of the molecule is Cl.NCCCNCCO. The molecule has 0 amide bonds. The zero-order valence-corrected chi connectivity index (χ0v) is 6.28. The molecule has 0 aromatic carbocycles. The van der Waals surface area contributed by atoms with Gasteiger partial charge in [-0.1, -0.05) is 0 Å². The van der Waals surface area contributed by atoms with Crippen molar-refractivity contribution in [3.63, 3.8) is 0 Å². The van der Waals surface area contributed by atoms with Crippen LogP contribution < -0.4 is 11.1 Å². The summed E-state index contributed by atoms with van der Waals surface area (Å²) in [7, 11) is 0. The maximum Gasteiger partial charge on any atom is 0.0555 e. The Hall–Kier alpha value is 0.170. The van der Waals surface area contributed by atoms with E-state index in [1.54, 1.807) is 0 Å². The van der Waals surface area contributed by atoms with Crippen molar-refractivity contribution in [1.29, 1.82) is 0 Å². The highest BCUT2D eigenvalue weighted by molar-refractivity contribution is 5.85. The summed E-state index contributed by atoms with van der Waals surface area (Å²) < 4.78 is 0. The molecule has 0 aliphatic rings. The van der Waals surface area contributed by atoms with Crippen LogP contribution in [-0.2, 0) is 0 Å². The van der Waals surface area contributed by atoms with Crippen LogP contribution in [0.15, 0.2) is 0 Å². The van der Waals surface area contributed by atoms with Gasteiger partial charge in [-0.2, -0.15) is 0 Å². The van der Waals surface area contributed by atoms with E-state index < -0.39 is 0 Å². The summed E-state index contributed by atoms with van der Waals surface area (Å²) in [6, 6.07) is 0. The van der Waals surface area contributed by atoms with Gasteiger partial charge in [-0.3, -0.25) is 0 Å². The van der Waals surface area contributed by atoms with Crippen LogP contribution >= 0.6 is 12.4 Å². The Labute approximate surface area is 62.0 Å². The lowest BCUT2D eigenvalue weighted by Gasteiger charge is -1.97. The first-order valence-corrected chi connectivity index (χ1v) is 2.93. The van der Waals surface area contributed by atoms with Crippen LogP contribution in [0.2, 0.25) is 0 Å². The molecule has 0 bridgehead atoms. The molecule has 58 valence electrons. The highest BCUT2D eigenvalue weighted by atomic mass is 35.5. The minimum absolute atomic E-state index is 0. The molecule has 0 aromatic heterocycles. The molecule has 0 radical (unpaired) electrons. The van der Waals surface area contributed by atoms with Gasteiger partial charge in [0.05, 0.1) is 6.61 Å². The van der Waals surface area contributed by atoms with Crippen molar-refractivity contribution in [3.8, 4) is 0 Å². The third-order valence-electron chi connectivity index (χ3n) is 0.846. The second-order valence-electron chi connectivity index (χ2n) is 1.62. The number of hydrogen-bond acceptors (Lipinski definition) is 3. The standard InChI is InChI=1S/C5H14N2O.ClH/c6-2-1-3-7-4-5-8;/h7-8H,1-6H2;1H. The third-order valence-corrected chi connectivity index (χ3v) is 0.846. The van der Waals surface area contributed by atoms with Gasteiger partial charge in [-0.15, -0.1) is 12.4 Å². The molecule has 3 nitrogen and oxygen atoms in total. The normalized spacial score (nSPS) is 8.67. The van der Waals surface area contributed by atoms with Crippen molar-refractivity contribution in [2.24, 2.45) is 5.73 Å². The monoisotopic (exact) mass is 154 g/mol. The Balaban J connectivity index is 0. The molecule has 0 rings (SSSR count). The van der Waals surface area contributed by atoms with Gasteiger partial charge in [-0.05, 0) is 19.5 Å². The molecule has 0 atom stereocenters. The average molecular weight is 155 g/mol. The zero-order chi connectivity index (χ0) is 6.24. The molecule has 0 saturated carbocycles. The Morgan fingerprint density at radius 2 is 2.00 bits per heavy atom. The Bertz CT molecular complexity index is 39.9. The maximum absolute atomic E-state index is 8.27. The molecule has 0 aromatic rings. The molecule has 0 unspecified atom stereocenters. The quantitative estimate of drug-likeness (QED) is 0.461. The van der Waals surface area contributed by atoms with Crippen molar-refractivity contribution in [2.45, 2.75) is 6.42 Å². The van der Waals surface area contributed by atoms with Gasteiger partial charge < -0.3 is 16.2 Å². The predicted octanol–water partition coefficient (Wildman–Crippen LogP) is -0.661. The van der Waals surface area contributed by atoms with Gasteiger partial charge in [0, 0.05) is 6.54 Å². The lowest BCUT2D eigenvalue weighted by molar-refractivity contribution is 0.292. The number of aliphatic hydroxyl groups excluding tert-OH is 1. The van der Waals surface area contributed by atoms with Gasteiger partial charge in [-0.25, -0.2) is 0 Å². The zero-order valence-electron chi connectivity index (χ0n) is 5.47. The van der Waals surface area contributed by atoms with Crippen LogP contribution in [0.3, 0.4) is 0 Å². The first-order chi connectivity index (χ1) is 3.91. The molecular weight excluding hydrogens is 140 g/mol. The molecule has 0 aliphatic heterocycles. The van der Waals surface area contributed by atoms with Gasteiger partial charge in [0.15, 0.2) is 0 Å². The smallest absolute Gasteiger partial charge is 0.0555 e. The fourth-order valence-electron chi connectivity index (χ4n) is 0.431. The molecule has 0 saturated heterocycles. The van der Waals surface area contributed by atoms with Crippen LogP contribution in [0.5, 0.6) is 0 Å². The number of nitrogens with two attached hydrogens (primary N) is 1. The predicted molar refractivity (Wildman–Crippen MR) is 40.9 cm³/mol. The van der Waals surface area contributed by atoms with Crippen molar-refractivity contribution in [2.75, 3.05) is 26.2 Å². The molecule has 4 N–H and O–H groups in total. The Kier molecular flexibility index (Phi) is 14.6. The highest BCUT2D eigenvalue weighted by Gasteiger charge is 1.81. The highest BCUT2D eigenvalue weighted by Crippen LogP contribution is 1.66. The van der Waals surface area contributed by atoms with E-state index in [2.05, 4.69) is 5.32 Å². The van der Waals surface area contributed by atoms with E-state index >= 15 is 0 Å². The van der Waals surface area contributed by atoms with Crippen LogP contribution in [-0.4, -0.2) is 31.3 Å². The molecule has 4 heteroatoms. The van der Waals surface area contributed by atoms with Crippen molar-refractivity contribution < 1.29 is 5.11 Å². The summed E-state index contributed by atoms with van der Waals surface area (Å²) in [5, 5.41) is 11.3. The second kappa shape index (κ2) is 11.0. The number of nitrogens with one attached hydrogen (secondary N) is 1. The van der Waals surface area contributed by atoms with Gasteiger partial charge in [0.25, 0.3) is 0 Å². The summed E-state index contributed by atoms with van der Waals surface area (Å²) in [5.41, 5.74) is 5.21. The fourth-order valence-corrected chi connectivity index (χ4v) is 0.431. The Morgan fingerprint density at radius 1 is 1.33 bits per heavy atom. The fraction of sp³-hybridized carbons (Fsp3) is 1.00. The second-order valence-corrected chi connectivity index (χ2v) is 1.62. The molecule has 0 heterocycles. The molecule has 9 heavy (non-hydrogen) atoms. The van der Waals surface area contributed by atoms with Gasteiger partial charge >= 0.3 is 0 Å². The minimum Gasteiger partial charge on any atom is -0.395 e. The minimum atomic E-state index is 0. The van der Waals surface area contributed by atoms with Crippen molar-refractivity contribution >= 4 is 12.4 Å². The lowest BCUT2D eigenvalue weighted by atomic mass is 10.4. The molecule has 0 spiro atoms. The number of aliphatic hydroxyl groups is 1. The van der Waals surface area contributed by atoms with Crippen LogP contribution in [0.4, 0.5) is 0 Å². The molecule has 0 aliphatic carbocycles. The van der Waals surface area contributed by atoms with E-state index in [9.17, 15) is 0 Å². The summed E-state index contributed by atoms with van der Waals surface area (Å²) in [5.74, 6) is 0. The number of hydrogen-bond donors (Lipinski definition) is 3. The van der Waals surface area contributed by atoms with E-state index in [4.69, 9.17) is 10.8 Å². The van der Waals surface area contributed by atoms with Crippen LogP contribution in [0.25, 0.3) is 0 Å². The molecule has 0 fully saturated rings. The summed E-state index contributed by atoms with van der Waals surface area (Å²) in [6.45, 7) is 2.53. The summed E-state index contributed by atoms with van der Waals surface area (Å²) in [6.07, 6.45) is 0.986. The summed E-state index contributed by atoms with van der Waals surface area (Å²) in [4.78, 5) is 0. The Morgan fingerprint density at radius 3 is 2.44 bits per heavy atom.